The Kier molecular flexibility index (Phi) is 7.07. The summed E-state index contributed by atoms with van der Waals surface area (Å²) in [6.07, 6.45) is -0.675. The topological polar surface area (TPSA) is 125 Å². The Labute approximate surface area is 169 Å². The van der Waals surface area contributed by atoms with Crippen LogP contribution in [-0.4, -0.2) is 106 Å². The first-order chi connectivity index (χ1) is 13.9. The summed E-state index contributed by atoms with van der Waals surface area (Å²) in [5.74, 6) is -0.560. The van der Waals surface area contributed by atoms with Crippen LogP contribution in [0.1, 0.15) is 12.8 Å². The smallest absolute Gasteiger partial charge is 0.242 e. The summed E-state index contributed by atoms with van der Waals surface area (Å²) in [6, 6.07) is 8.18. The molecule has 1 aromatic rings. The molecule has 9 nitrogen and oxygen atoms in total. The van der Waals surface area contributed by atoms with Crippen LogP contribution in [0.25, 0.3) is 0 Å². The number of rotatable bonds is 7. The van der Waals surface area contributed by atoms with Crippen LogP contribution in [-0.2, 0) is 9.59 Å². The average molecular weight is 407 g/mol. The molecule has 0 aromatic heterocycles. The summed E-state index contributed by atoms with van der Waals surface area (Å²) in [7, 11) is 0. The van der Waals surface area contributed by atoms with Gasteiger partial charge in [-0.15, -0.1) is 0 Å². The summed E-state index contributed by atoms with van der Waals surface area (Å²) >= 11 is 0. The summed E-state index contributed by atoms with van der Waals surface area (Å²) in [4.78, 5) is 30.3. The van der Waals surface area contributed by atoms with Crippen molar-refractivity contribution in [3.63, 3.8) is 0 Å². The second-order valence-corrected chi connectivity index (χ2v) is 7.74. The van der Waals surface area contributed by atoms with Gasteiger partial charge in [0.2, 0.25) is 11.8 Å². The van der Waals surface area contributed by atoms with Gasteiger partial charge < -0.3 is 35.1 Å². The number of nitrogens with zero attached hydrogens (tertiary/aromatic N) is 3. The molecule has 4 N–H and O–H groups in total. The lowest BCUT2D eigenvalue weighted by atomic mass is 10.2. The normalized spacial score (nSPS) is 26.8. The van der Waals surface area contributed by atoms with Crippen molar-refractivity contribution in [3.05, 3.63) is 30.3 Å². The van der Waals surface area contributed by atoms with E-state index in [1.54, 1.807) is 17.0 Å². The predicted molar refractivity (Wildman–Crippen MR) is 105 cm³/mol. The van der Waals surface area contributed by atoms with Crippen LogP contribution in [0.5, 0.6) is 0 Å². The number of hydrogen-bond donors (Lipinski definition) is 4. The van der Waals surface area contributed by atoms with Gasteiger partial charge in [0.15, 0.2) is 0 Å². The quantitative estimate of drug-likeness (QED) is 0.429. The number of para-hydroxylation sites is 1. The molecule has 160 valence electrons. The lowest BCUT2D eigenvalue weighted by Crippen LogP contribution is -2.48. The van der Waals surface area contributed by atoms with Crippen LogP contribution in [0.4, 0.5) is 5.69 Å². The van der Waals surface area contributed by atoms with Gasteiger partial charge in [0.25, 0.3) is 0 Å². The highest BCUT2D eigenvalue weighted by Gasteiger charge is 2.36. The van der Waals surface area contributed by atoms with Gasteiger partial charge >= 0.3 is 0 Å². The van der Waals surface area contributed by atoms with Crippen LogP contribution < -0.4 is 4.90 Å². The largest absolute Gasteiger partial charge is 0.394 e. The van der Waals surface area contributed by atoms with Crippen molar-refractivity contribution in [1.82, 2.24) is 9.80 Å². The number of amides is 2. The number of anilines is 1. The monoisotopic (exact) mass is 407 g/mol. The van der Waals surface area contributed by atoms with E-state index in [0.29, 0.717) is 18.5 Å². The van der Waals surface area contributed by atoms with Crippen molar-refractivity contribution in [2.45, 2.75) is 37.1 Å². The zero-order chi connectivity index (χ0) is 21.0. The minimum atomic E-state index is -0.667. The van der Waals surface area contributed by atoms with E-state index in [1.807, 2.05) is 18.2 Å². The van der Waals surface area contributed by atoms with E-state index in [1.165, 1.54) is 9.80 Å². The molecule has 2 aliphatic heterocycles. The van der Waals surface area contributed by atoms with E-state index in [0.717, 1.165) is 0 Å². The van der Waals surface area contributed by atoms with Crippen molar-refractivity contribution in [2.75, 3.05) is 44.3 Å². The summed E-state index contributed by atoms with van der Waals surface area (Å²) in [5.41, 5.74) is 0.690. The fourth-order valence-electron chi connectivity index (χ4n) is 4.13. The third-order valence-electron chi connectivity index (χ3n) is 5.62. The molecule has 0 unspecified atom stereocenters. The van der Waals surface area contributed by atoms with Crippen LogP contribution in [0.15, 0.2) is 30.3 Å². The first-order valence-electron chi connectivity index (χ1n) is 9.89. The van der Waals surface area contributed by atoms with E-state index in [9.17, 15) is 30.0 Å². The molecule has 0 radical (unpaired) electrons. The Morgan fingerprint density at radius 3 is 1.72 bits per heavy atom. The highest BCUT2D eigenvalue weighted by Crippen LogP contribution is 2.22. The number of benzene rings is 1. The zero-order valence-corrected chi connectivity index (χ0v) is 16.3. The van der Waals surface area contributed by atoms with E-state index < -0.39 is 24.3 Å². The first kappa shape index (κ1) is 21.5. The number of likely N-dealkylation sites (tertiary alicyclic amines) is 2. The molecule has 0 saturated carbocycles. The van der Waals surface area contributed by atoms with E-state index in [-0.39, 0.29) is 51.2 Å². The van der Waals surface area contributed by atoms with Gasteiger partial charge in [0.1, 0.15) is 0 Å². The molecule has 2 aliphatic rings. The molecule has 2 amide bonds. The third kappa shape index (κ3) is 5.05. The second kappa shape index (κ2) is 9.53. The molecule has 0 bridgehead atoms. The van der Waals surface area contributed by atoms with E-state index in [4.69, 9.17) is 0 Å². The lowest BCUT2D eigenvalue weighted by molar-refractivity contribution is -0.132. The maximum absolute atomic E-state index is 12.9. The number of carbonyl (C=O) groups excluding carboxylic acids is 2. The summed E-state index contributed by atoms with van der Waals surface area (Å²) < 4.78 is 0. The maximum Gasteiger partial charge on any atom is 0.242 e. The second-order valence-electron chi connectivity index (χ2n) is 7.74. The molecule has 29 heavy (non-hydrogen) atoms. The standard InChI is InChI=1S/C20H29N3O6/c24-12-15-6-17(26)8-22(15)19(28)10-21(14-4-2-1-3-5-14)11-20(29)23-9-18(27)7-16(23)13-25/h1-5,15-18,24-27H,6-13H2/t15-,16-,17-,18-/m0/s1. The number of hydrogen-bond acceptors (Lipinski definition) is 7. The highest BCUT2D eigenvalue weighted by atomic mass is 16.3. The van der Waals surface area contributed by atoms with Crippen molar-refractivity contribution >= 4 is 17.5 Å². The molecule has 3 rings (SSSR count). The summed E-state index contributed by atoms with van der Waals surface area (Å²) in [6.45, 7) is -0.302. The average Bonchev–Trinajstić information content (AvgIpc) is 3.30. The van der Waals surface area contributed by atoms with Gasteiger partial charge in [-0.1, -0.05) is 18.2 Å². The van der Waals surface area contributed by atoms with E-state index >= 15 is 0 Å². The molecule has 0 aliphatic carbocycles. The van der Waals surface area contributed by atoms with Crippen molar-refractivity contribution in [2.24, 2.45) is 0 Å². The van der Waals surface area contributed by atoms with Gasteiger partial charge in [-0.05, 0) is 25.0 Å². The Balaban J connectivity index is 1.73. The molecule has 2 heterocycles. The SMILES string of the molecule is O=C(CN(CC(=O)N1C[C@@H](O)C[C@H]1CO)c1ccccc1)N1C[C@@H](O)C[C@H]1CO. The Hall–Kier alpha value is -2.20. The van der Waals surface area contributed by atoms with Gasteiger partial charge in [-0.2, -0.15) is 0 Å². The van der Waals surface area contributed by atoms with Gasteiger partial charge in [0.05, 0.1) is 50.6 Å². The predicted octanol–water partition coefficient (Wildman–Crippen LogP) is -1.60. The van der Waals surface area contributed by atoms with Gasteiger partial charge in [-0.25, -0.2) is 0 Å². The molecule has 9 heteroatoms. The minimum Gasteiger partial charge on any atom is -0.394 e. The van der Waals surface area contributed by atoms with Gasteiger partial charge in [-0.3, -0.25) is 9.59 Å². The maximum atomic E-state index is 12.9. The number of carbonyl (C=O) groups is 2. The fraction of sp³-hybridized carbons (Fsp3) is 0.600. The van der Waals surface area contributed by atoms with Crippen molar-refractivity contribution < 1.29 is 30.0 Å². The molecule has 2 saturated heterocycles. The molecule has 0 spiro atoms. The first-order valence-corrected chi connectivity index (χ1v) is 9.89. The van der Waals surface area contributed by atoms with Crippen molar-refractivity contribution in [3.8, 4) is 0 Å². The number of aliphatic hydroxyl groups is 4. The fourth-order valence-corrected chi connectivity index (χ4v) is 4.13. The summed E-state index contributed by atoms with van der Waals surface area (Å²) in [5, 5.41) is 38.7. The molecule has 4 atom stereocenters. The van der Waals surface area contributed by atoms with Gasteiger partial charge in [0, 0.05) is 18.8 Å². The van der Waals surface area contributed by atoms with E-state index in [2.05, 4.69) is 0 Å². The molecule has 2 fully saturated rings. The molecular formula is C20H29N3O6. The number of aliphatic hydroxyl groups excluding tert-OH is 4. The molecule has 1 aromatic carbocycles. The van der Waals surface area contributed by atoms with Crippen LogP contribution >= 0.6 is 0 Å². The minimum absolute atomic E-state index is 0.0842. The third-order valence-corrected chi connectivity index (χ3v) is 5.62. The number of β-amino-alcohol motifs (C(OH)–C–C–N with tert-alkyl or cyclic N) is 2. The van der Waals surface area contributed by atoms with Crippen LogP contribution in [0.2, 0.25) is 0 Å². The Morgan fingerprint density at radius 1 is 0.862 bits per heavy atom. The lowest BCUT2D eigenvalue weighted by Gasteiger charge is -2.31. The highest BCUT2D eigenvalue weighted by molar-refractivity contribution is 5.87. The Morgan fingerprint density at radius 2 is 1.31 bits per heavy atom. The van der Waals surface area contributed by atoms with Crippen LogP contribution in [0.3, 0.4) is 0 Å². The van der Waals surface area contributed by atoms with Crippen molar-refractivity contribution in [1.29, 1.82) is 0 Å². The van der Waals surface area contributed by atoms with Crippen LogP contribution in [0, 0.1) is 0 Å². The zero-order valence-electron chi connectivity index (χ0n) is 16.3. The Bertz CT molecular complexity index is 663. The molecular weight excluding hydrogens is 378 g/mol.